The number of methoxy groups -OCH3 is 1. The molecule has 0 fully saturated rings. The summed E-state index contributed by atoms with van der Waals surface area (Å²) in [5, 5.41) is 31.2. The van der Waals surface area contributed by atoms with Crippen molar-refractivity contribution in [3.8, 4) is 11.5 Å². The normalized spacial score (nSPS) is 14.4. The molecule has 5 heteroatoms. The van der Waals surface area contributed by atoms with Crippen molar-refractivity contribution in [2.75, 3.05) is 20.3 Å². The number of ether oxygens (including phenoxy) is 1. The molecule has 0 spiro atoms. The second-order valence-corrected chi connectivity index (χ2v) is 4.30. The molecule has 18 heavy (non-hydrogen) atoms. The molecule has 0 radical (unpaired) electrons. The maximum Gasteiger partial charge on any atom is 0.124 e. The van der Waals surface area contributed by atoms with Crippen LogP contribution in [0.3, 0.4) is 0 Å². The zero-order valence-corrected chi connectivity index (χ0v) is 10.8. The van der Waals surface area contributed by atoms with Gasteiger partial charge < -0.3 is 25.4 Å². The van der Waals surface area contributed by atoms with E-state index in [2.05, 4.69) is 5.32 Å². The number of aliphatic hydroxyl groups is 1. The van der Waals surface area contributed by atoms with E-state index in [-0.39, 0.29) is 30.2 Å². The first-order valence-electron chi connectivity index (χ1n) is 5.96. The van der Waals surface area contributed by atoms with Crippen LogP contribution in [0.5, 0.6) is 11.5 Å². The van der Waals surface area contributed by atoms with Crippen LogP contribution in [0, 0.1) is 0 Å². The van der Waals surface area contributed by atoms with E-state index in [1.165, 1.54) is 12.1 Å². The summed E-state index contributed by atoms with van der Waals surface area (Å²) in [6.45, 7) is 2.48. The molecule has 5 nitrogen and oxygen atoms in total. The Bertz CT molecular complexity index is 364. The Morgan fingerprint density at radius 2 is 2.06 bits per heavy atom. The average molecular weight is 255 g/mol. The van der Waals surface area contributed by atoms with Gasteiger partial charge in [0.1, 0.15) is 11.5 Å². The van der Waals surface area contributed by atoms with E-state index in [4.69, 9.17) is 9.84 Å². The molecule has 0 aliphatic heterocycles. The highest BCUT2D eigenvalue weighted by Crippen LogP contribution is 2.28. The van der Waals surface area contributed by atoms with Crippen LogP contribution in [0.1, 0.15) is 24.9 Å². The van der Waals surface area contributed by atoms with E-state index < -0.39 is 0 Å². The van der Waals surface area contributed by atoms with Gasteiger partial charge >= 0.3 is 0 Å². The fourth-order valence-electron chi connectivity index (χ4n) is 1.91. The first-order valence-corrected chi connectivity index (χ1v) is 5.96. The monoisotopic (exact) mass is 255 g/mol. The van der Waals surface area contributed by atoms with Crippen LogP contribution in [0.25, 0.3) is 0 Å². The van der Waals surface area contributed by atoms with Crippen molar-refractivity contribution in [1.82, 2.24) is 5.32 Å². The fraction of sp³-hybridized carbons (Fsp3) is 0.538. The first kappa shape index (κ1) is 14.8. The Morgan fingerprint density at radius 1 is 1.33 bits per heavy atom. The summed E-state index contributed by atoms with van der Waals surface area (Å²) in [5.74, 6) is 0.0856. The number of rotatable bonds is 7. The molecule has 102 valence electrons. The van der Waals surface area contributed by atoms with Crippen molar-refractivity contribution < 1.29 is 20.1 Å². The minimum atomic E-state index is -0.0997. The van der Waals surface area contributed by atoms with E-state index in [1.54, 1.807) is 13.2 Å². The lowest BCUT2D eigenvalue weighted by molar-refractivity contribution is 0.143. The van der Waals surface area contributed by atoms with Crippen molar-refractivity contribution in [3.63, 3.8) is 0 Å². The number of hydrogen-bond acceptors (Lipinski definition) is 5. The molecule has 1 rings (SSSR count). The lowest BCUT2D eigenvalue weighted by Crippen LogP contribution is -2.36. The molecule has 1 aromatic carbocycles. The van der Waals surface area contributed by atoms with Crippen LogP contribution in [-0.4, -0.2) is 41.7 Å². The van der Waals surface area contributed by atoms with Crippen LogP contribution in [0.2, 0.25) is 0 Å². The summed E-state index contributed by atoms with van der Waals surface area (Å²) >= 11 is 0. The molecule has 2 atom stereocenters. The Hall–Kier alpha value is -1.30. The molecular weight excluding hydrogens is 234 g/mol. The van der Waals surface area contributed by atoms with Crippen molar-refractivity contribution in [2.24, 2.45) is 0 Å². The predicted molar refractivity (Wildman–Crippen MR) is 68.7 cm³/mol. The summed E-state index contributed by atoms with van der Waals surface area (Å²) in [7, 11) is 1.61. The summed E-state index contributed by atoms with van der Waals surface area (Å²) in [4.78, 5) is 0. The molecule has 0 heterocycles. The number of phenolic OH excluding ortho intramolecular Hbond substituents is 2. The molecule has 0 aromatic heterocycles. The quantitative estimate of drug-likeness (QED) is 0.587. The van der Waals surface area contributed by atoms with E-state index >= 15 is 0 Å². The smallest absolute Gasteiger partial charge is 0.124 e. The molecule has 0 aliphatic carbocycles. The minimum absolute atomic E-state index is 0.0169. The molecule has 1 aromatic rings. The largest absolute Gasteiger partial charge is 0.508 e. The van der Waals surface area contributed by atoms with Crippen LogP contribution in [0.4, 0.5) is 0 Å². The molecule has 0 bridgehead atoms. The molecule has 2 unspecified atom stereocenters. The van der Waals surface area contributed by atoms with E-state index in [9.17, 15) is 10.2 Å². The van der Waals surface area contributed by atoms with Gasteiger partial charge in [0.15, 0.2) is 0 Å². The SMILES string of the molecule is COCC(CCO)NC(C)c1ccc(O)cc1O. The molecule has 0 aliphatic rings. The van der Waals surface area contributed by atoms with E-state index in [0.717, 1.165) is 0 Å². The summed E-state index contributed by atoms with van der Waals surface area (Å²) in [6.07, 6.45) is 0.580. The van der Waals surface area contributed by atoms with Crippen LogP contribution in [-0.2, 0) is 4.74 Å². The van der Waals surface area contributed by atoms with Gasteiger partial charge in [-0.1, -0.05) is 6.07 Å². The van der Waals surface area contributed by atoms with Gasteiger partial charge in [-0.25, -0.2) is 0 Å². The van der Waals surface area contributed by atoms with Crippen molar-refractivity contribution in [3.05, 3.63) is 23.8 Å². The van der Waals surface area contributed by atoms with Gasteiger partial charge in [0, 0.05) is 37.4 Å². The first-order chi connectivity index (χ1) is 8.58. The second kappa shape index (κ2) is 7.20. The highest BCUT2D eigenvalue weighted by molar-refractivity contribution is 5.40. The number of hydrogen-bond donors (Lipinski definition) is 4. The Kier molecular flexibility index (Phi) is 5.91. The predicted octanol–water partition coefficient (Wildman–Crippen LogP) is 1.15. The fourth-order valence-corrected chi connectivity index (χ4v) is 1.91. The Balaban J connectivity index is 2.70. The lowest BCUT2D eigenvalue weighted by Gasteiger charge is -2.23. The van der Waals surface area contributed by atoms with Crippen LogP contribution >= 0.6 is 0 Å². The average Bonchev–Trinajstić information content (AvgIpc) is 2.29. The van der Waals surface area contributed by atoms with Gasteiger partial charge in [-0.3, -0.25) is 0 Å². The third-order valence-corrected chi connectivity index (χ3v) is 2.81. The molecule has 0 saturated carbocycles. The van der Waals surface area contributed by atoms with Crippen molar-refractivity contribution in [2.45, 2.75) is 25.4 Å². The van der Waals surface area contributed by atoms with Crippen LogP contribution in [0.15, 0.2) is 18.2 Å². The number of aliphatic hydroxyl groups excluding tert-OH is 1. The van der Waals surface area contributed by atoms with Gasteiger partial charge in [0.25, 0.3) is 0 Å². The number of aromatic hydroxyl groups is 2. The maximum atomic E-state index is 9.75. The van der Waals surface area contributed by atoms with E-state index in [1.807, 2.05) is 6.92 Å². The zero-order chi connectivity index (χ0) is 13.5. The van der Waals surface area contributed by atoms with E-state index in [0.29, 0.717) is 18.6 Å². The Labute approximate surface area is 107 Å². The Morgan fingerprint density at radius 3 is 2.61 bits per heavy atom. The van der Waals surface area contributed by atoms with Gasteiger partial charge in [-0.2, -0.15) is 0 Å². The standard InChI is InChI=1S/C13H21NO4/c1-9(14-10(5-6-15)8-18-2)12-4-3-11(16)7-13(12)17/h3-4,7,9-10,14-17H,5-6,8H2,1-2H3. The number of benzene rings is 1. The highest BCUT2D eigenvalue weighted by Gasteiger charge is 2.15. The van der Waals surface area contributed by atoms with Crippen LogP contribution < -0.4 is 5.32 Å². The van der Waals surface area contributed by atoms with Gasteiger partial charge in [-0.05, 0) is 19.4 Å². The maximum absolute atomic E-state index is 9.75. The van der Waals surface area contributed by atoms with Gasteiger partial charge in [0.05, 0.1) is 6.61 Å². The van der Waals surface area contributed by atoms with Crippen molar-refractivity contribution in [1.29, 1.82) is 0 Å². The van der Waals surface area contributed by atoms with Crippen molar-refractivity contribution >= 4 is 0 Å². The second-order valence-electron chi connectivity index (χ2n) is 4.30. The number of nitrogens with one attached hydrogen (secondary N) is 1. The van der Waals surface area contributed by atoms with Gasteiger partial charge in [-0.15, -0.1) is 0 Å². The summed E-state index contributed by atoms with van der Waals surface area (Å²) < 4.78 is 5.07. The molecule has 0 saturated heterocycles. The molecule has 0 amide bonds. The highest BCUT2D eigenvalue weighted by atomic mass is 16.5. The van der Waals surface area contributed by atoms with Gasteiger partial charge in [0.2, 0.25) is 0 Å². The third kappa shape index (κ3) is 4.18. The zero-order valence-electron chi connectivity index (χ0n) is 10.8. The lowest BCUT2D eigenvalue weighted by atomic mass is 10.1. The summed E-state index contributed by atoms with van der Waals surface area (Å²) in [5.41, 5.74) is 0.701. The number of phenols is 2. The third-order valence-electron chi connectivity index (χ3n) is 2.81. The molecule has 4 N–H and O–H groups in total. The topological polar surface area (TPSA) is 82.0 Å². The minimum Gasteiger partial charge on any atom is -0.508 e. The molecular formula is C13H21NO4. The summed E-state index contributed by atoms with van der Waals surface area (Å²) in [6, 6.07) is 4.43.